The maximum absolute atomic E-state index is 14.3. The summed E-state index contributed by atoms with van der Waals surface area (Å²) < 4.78 is 32.4. The van der Waals surface area contributed by atoms with Crippen molar-refractivity contribution in [3.63, 3.8) is 0 Å². The van der Waals surface area contributed by atoms with E-state index in [1.165, 1.54) is 12.0 Å². The number of nitrogens with zero attached hydrogens (tertiary/aromatic N) is 2. The number of carbonyl (C=O) groups excluding carboxylic acids is 2. The fourth-order valence-corrected chi connectivity index (χ4v) is 6.51. The molecule has 4 rings (SSSR count). The lowest BCUT2D eigenvalue weighted by Crippen LogP contribution is -2.54. The van der Waals surface area contributed by atoms with Crippen molar-refractivity contribution < 1.29 is 22.7 Å². The van der Waals surface area contributed by atoms with Crippen LogP contribution >= 0.6 is 23.2 Å². The molecule has 3 aromatic rings. The zero-order valence-electron chi connectivity index (χ0n) is 23.6. The molecule has 224 valence electrons. The van der Waals surface area contributed by atoms with Crippen LogP contribution in [0.1, 0.15) is 36.8 Å². The third kappa shape index (κ3) is 8.18. The Morgan fingerprint density at radius 2 is 1.67 bits per heavy atom. The second-order valence-corrected chi connectivity index (χ2v) is 13.1. The first-order valence-electron chi connectivity index (χ1n) is 13.7. The largest absolute Gasteiger partial charge is 0.495 e. The lowest BCUT2D eigenvalue weighted by molar-refractivity contribution is -0.140. The molecule has 1 N–H and O–H groups in total. The van der Waals surface area contributed by atoms with Crippen molar-refractivity contribution in [3.05, 3.63) is 94.0 Å². The van der Waals surface area contributed by atoms with Crippen LogP contribution in [0.25, 0.3) is 0 Å². The monoisotopic (exact) mass is 631 g/mol. The molecule has 11 heteroatoms. The predicted molar refractivity (Wildman–Crippen MR) is 167 cm³/mol. The molecule has 1 fully saturated rings. The molecule has 0 radical (unpaired) electrons. The van der Waals surface area contributed by atoms with Crippen molar-refractivity contribution in [2.45, 2.75) is 50.7 Å². The van der Waals surface area contributed by atoms with Crippen LogP contribution in [0.2, 0.25) is 10.0 Å². The lowest BCUT2D eigenvalue weighted by Gasteiger charge is -2.34. The number of hydrogen-bond acceptors (Lipinski definition) is 5. The highest BCUT2D eigenvalue weighted by molar-refractivity contribution is 7.92. The van der Waals surface area contributed by atoms with Crippen molar-refractivity contribution >= 4 is 50.7 Å². The number of sulfonamides is 1. The number of nitrogens with one attached hydrogen (secondary N) is 1. The average molecular weight is 633 g/mol. The van der Waals surface area contributed by atoms with Crippen LogP contribution in [0.4, 0.5) is 5.69 Å². The maximum Gasteiger partial charge on any atom is 0.244 e. The molecular weight excluding hydrogens is 597 g/mol. The van der Waals surface area contributed by atoms with E-state index in [4.69, 9.17) is 27.9 Å². The third-order valence-corrected chi connectivity index (χ3v) is 9.07. The van der Waals surface area contributed by atoms with Gasteiger partial charge in [0.05, 0.1) is 19.1 Å². The highest BCUT2D eigenvalue weighted by Gasteiger charge is 2.35. The fraction of sp³-hybridized carbons (Fsp3) is 0.355. The molecule has 1 atom stereocenters. The first-order valence-corrected chi connectivity index (χ1v) is 16.4. The molecule has 0 aliphatic heterocycles. The van der Waals surface area contributed by atoms with E-state index >= 15 is 0 Å². The molecule has 42 heavy (non-hydrogen) atoms. The zero-order valence-corrected chi connectivity index (χ0v) is 26.0. The summed E-state index contributed by atoms with van der Waals surface area (Å²) in [6, 6.07) is 20.0. The molecule has 0 spiro atoms. The normalized spacial score (nSPS) is 14.3. The number of rotatable bonds is 12. The van der Waals surface area contributed by atoms with Crippen LogP contribution in [-0.4, -0.2) is 57.1 Å². The number of hydrogen-bond donors (Lipinski definition) is 1. The van der Waals surface area contributed by atoms with Gasteiger partial charge in [0.25, 0.3) is 0 Å². The number of benzene rings is 3. The highest BCUT2D eigenvalue weighted by Crippen LogP contribution is 2.30. The van der Waals surface area contributed by atoms with Gasteiger partial charge in [0.2, 0.25) is 21.8 Å². The predicted octanol–water partition coefficient (Wildman–Crippen LogP) is 5.47. The van der Waals surface area contributed by atoms with Crippen molar-refractivity contribution in [1.82, 2.24) is 10.2 Å². The van der Waals surface area contributed by atoms with Crippen molar-refractivity contribution in [2.75, 3.05) is 24.2 Å². The number of ether oxygens (including phenoxy) is 1. The Bertz CT molecular complexity index is 1500. The van der Waals surface area contributed by atoms with Gasteiger partial charge in [-0.2, -0.15) is 0 Å². The molecule has 0 heterocycles. The van der Waals surface area contributed by atoms with Crippen LogP contribution in [0.3, 0.4) is 0 Å². The molecule has 1 saturated carbocycles. The fourth-order valence-electron chi connectivity index (χ4n) is 5.19. The van der Waals surface area contributed by atoms with Gasteiger partial charge in [-0.25, -0.2) is 8.42 Å². The van der Waals surface area contributed by atoms with E-state index < -0.39 is 28.5 Å². The smallest absolute Gasteiger partial charge is 0.244 e. The van der Waals surface area contributed by atoms with Gasteiger partial charge in [-0.05, 0) is 48.2 Å². The SMILES string of the molecule is COc1ccccc1N(CC(=O)N(Cc1ccc(Cl)cc1Cl)[C@H](Cc1ccccc1)C(=O)NC1CCCC1)S(C)(=O)=O. The average Bonchev–Trinajstić information content (AvgIpc) is 3.47. The standard InChI is InChI=1S/C31H35Cl2N3O5S/c1-41-29-15-9-8-14-27(29)36(42(2,39)40)21-30(37)35(20-23-16-17-24(32)19-26(23)33)28(18-22-10-4-3-5-11-22)31(38)34-25-12-6-7-13-25/h3-5,8-11,14-17,19,25,28H,6-7,12-13,18,20-21H2,1-2H3,(H,34,38)/t28-/m1/s1. The molecule has 1 aliphatic carbocycles. The molecule has 8 nitrogen and oxygen atoms in total. The second-order valence-electron chi connectivity index (χ2n) is 10.4. The number of methoxy groups -OCH3 is 1. The van der Waals surface area contributed by atoms with Gasteiger partial charge in [0.1, 0.15) is 18.3 Å². The summed E-state index contributed by atoms with van der Waals surface area (Å²) in [6.45, 7) is -0.583. The van der Waals surface area contributed by atoms with Gasteiger partial charge in [-0.1, -0.05) is 84.6 Å². The van der Waals surface area contributed by atoms with Crippen molar-refractivity contribution in [3.8, 4) is 5.75 Å². The van der Waals surface area contributed by atoms with Crippen LogP contribution < -0.4 is 14.4 Å². The zero-order chi connectivity index (χ0) is 30.3. The summed E-state index contributed by atoms with van der Waals surface area (Å²) in [5.41, 5.74) is 1.65. The maximum atomic E-state index is 14.3. The summed E-state index contributed by atoms with van der Waals surface area (Å²) in [5.74, 6) is -0.574. The molecule has 1 aliphatic rings. The number of para-hydroxylation sites is 2. The summed E-state index contributed by atoms with van der Waals surface area (Å²) in [6.07, 6.45) is 5.05. The molecule has 0 bridgehead atoms. The summed E-state index contributed by atoms with van der Waals surface area (Å²) in [5, 5.41) is 3.90. The van der Waals surface area contributed by atoms with E-state index in [1.807, 2.05) is 30.3 Å². The van der Waals surface area contributed by atoms with E-state index in [9.17, 15) is 18.0 Å². The number of amides is 2. The third-order valence-electron chi connectivity index (χ3n) is 7.36. The molecule has 3 aromatic carbocycles. The first kappa shape index (κ1) is 31.7. The van der Waals surface area contributed by atoms with Crippen LogP contribution in [0, 0.1) is 0 Å². The van der Waals surface area contributed by atoms with E-state index in [2.05, 4.69) is 5.32 Å². The molecule has 0 saturated heterocycles. The van der Waals surface area contributed by atoms with Crippen LogP contribution in [0.5, 0.6) is 5.75 Å². The minimum absolute atomic E-state index is 0.0212. The number of anilines is 1. The minimum Gasteiger partial charge on any atom is -0.495 e. The van der Waals surface area contributed by atoms with Crippen molar-refractivity contribution in [1.29, 1.82) is 0 Å². The Kier molecular flexibility index (Phi) is 10.8. The van der Waals surface area contributed by atoms with Crippen LogP contribution in [0.15, 0.2) is 72.8 Å². The second kappa shape index (κ2) is 14.3. The van der Waals surface area contributed by atoms with Gasteiger partial charge in [-0.3, -0.25) is 13.9 Å². The topological polar surface area (TPSA) is 96.0 Å². The van der Waals surface area contributed by atoms with Gasteiger partial charge >= 0.3 is 0 Å². The Balaban J connectivity index is 1.76. The van der Waals surface area contributed by atoms with Crippen molar-refractivity contribution in [2.24, 2.45) is 0 Å². The van der Waals surface area contributed by atoms with E-state index in [1.54, 1.807) is 42.5 Å². The number of carbonyl (C=O) groups is 2. The summed E-state index contributed by atoms with van der Waals surface area (Å²) in [7, 11) is -2.50. The van der Waals surface area contributed by atoms with Gasteiger partial charge in [-0.15, -0.1) is 0 Å². The molecule has 0 unspecified atom stereocenters. The number of halogens is 2. The van der Waals surface area contributed by atoms with Gasteiger partial charge in [0.15, 0.2) is 0 Å². The molecule has 0 aromatic heterocycles. The van der Waals surface area contributed by atoms with Crippen LogP contribution in [-0.2, 0) is 32.6 Å². The Morgan fingerprint density at radius 3 is 2.31 bits per heavy atom. The summed E-state index contributed by atoms with van der Waals surface area (Å²) in [4.78, 5) is 29.6. The first-order chi connectivity index (χ1) is 20.1. The minimum atomic E-state index is -3.93. The van der Waals surface area contributed by atoms with E-state index in [0.29, 0.717) is 21.4 Å². The van der Waals surface area contributed by atoms with E-state index in [-0.39, 0.29) is 30.6 Å². The Morgan fingerprint density at radius 1 is 1.00 bits per heavy atom. The Hall–Kier alpha value is -3.27. The highest BCUT2D eigenvalue weighted by atomic mass is 35.5. The summed E-state index contributed by atoms with van der Waals surface area (Å²) >= 11 is 12.7. The van der Waals surface area contributed by atoms with Gasteiger partial charge < -0.3 is 15.0 Å². The lowest BCUT2D eigenvalue weighted by atomic mass is 10.0. The quantitative estimate of drug-likeness (QED) is 0.286. The van der Waals surface area contributed by atoms with E-state index in [0.717, 1.165) is 41.8 Å². The molecular formula is C31H35Cl2N3O5S. The molecule has 2 amide bonds. The van der Waals surface area contributed by atoms with Gasteiger partial charge in [0, 0.05) is 29.1 Å². The Labute approximate surface area is 257 Å².